The predicted octanol–water partition coefficient (Wildman–Crippen LogP) is 3.76. The zero-order valence-corrected chi connectivity index (χ0v) is 16.3. The lowest BCUT2D eigenvalue weighted by Gasteiger charge is -2.24. The van der Waals surface area contributed by atoms with Gasteiger partial charge >= 0.3 is 0 Å². The fourth-order valence-corrected chi connectivity index (χ4v) is 4.00. The van der Waals surface area contributed by atoms with Crippen LogP contribution in [-0.4, -0.2) is 39.3 Å². The molecular weight excluding hydrogens is 372 g/mol. The first-order valence-corrected chi connectivity index (χ1v) is 10.1. The molecule has 3 aromatic rings. The molecule has 0 bridgehead atoms. The van der Waals surface area contributed by atoms with Gasteiger partial charge in [-0.25, -0.2) is 4.98 Å². The zero-order chi connectivity index (χ0) is 19.5. The summed E-state index contributed by atoms with van der Waals surface area (Å²) in [6, 6.07) is 13.0. The van der Waals surface area contributed by atoms with Crippen molar-refractivity contribution in [1.82, 2.24) is 14.9 Å². The molecule has 4 rings (SSSR count). The quantitative estimate of drug-likeness (QED) is 0.734. The number of aryl methyl sites for hydroxylation is 1. The second-order valence-corrected chi connectivity index (χ2v) is 7.57. The standard InChI is InChI=1S/C21H20N4O2S/c1-14-16(9-10-17(23-14)15-6-3-2-4-7-15)20(27)25-12-5-8-18(25)19(26)24-21-22-11-13-28-21/h2-4,6-7,9-11,13,18H,5,8,12H2,1H3,(H,22,24,26). The molecular formula is C21H20N4O2S. The van der Waals surface area contributed by atoms with E-state index in [4.69, 9.17) is 0 Å². The van der Waals surface area contributed by atoms with E-state index in [2.05, 4.69) is 15.3 Å². The Bertz CT molecular complexity index is 989. The molecule has 142 valence electrons. The number of hydrogen-bond acceptors (Lipinski definition) is 5. The number of carbonyl (C=O) groups is 2. The predicted molar refractivity (Wildman–Crippen MR) is 109 cm³/mol. The van der Waals surface area contributed by atoms with Crippen molar-refractivity contribution in [3.05, 3.63) is 65.3 Å². The molecule has 3 heterocycles. The minimum Gasteiger partial charge on any atom is -0.327 e. The molecule has 0 radical (unpaired) electrons. The van der Waals surface area contributed by atoms with Gasteiger partial charge in [0, 0.05) is 23.7 Å². The zero-order valence-electron chi connectivity index (χ0n) is 15.5. The van der Waals surface area contributed by atoms with Crippen molar-refractivity contribution in [3.63, 3.8) is 0 Å². The number of amides is 2. The highest BCUT2D eigenvalue weighted by Crippen LogP contribution is 2.25. The third-order valence-electron chi connectivity index (χ3n) is 4.86. The Morgan fingerprint density at radius 2 is 2.00 bits per heavy atom. The van der Waals surface area contributed by atoms with Crippen LogP contribution in [0.1, 0.15) is 28.9 Å². The second kappa shape index (κ2) is 7.90. The van der Waals surface area contributed by atoms with E-state index in [9.17, 15) is 9.59 Å². The van der Waals surface area contributed by atoms with E-state index >= 15 is 0 Å². The highest BCUT2D eigenvalue weighted by molar-refractivity contribution is 7.13. The Morgan fingerprint density at radius 3 is 2.71 bits per heavy atom. The van der Waals surface area contributed by atoms with Gasteiger partial charge in [0.25, 0.3) is 5.91 Å². The van der Waals surface area contributed by atoms with E-state index < -0.39 is 6.04 Å². The van der Waals surface area contributed by atoms with Crippen LogP contribution in [-0.2, 0) is 4.79 Å². The number of carbonyl (C=O) groups excluding carboxylic acids is 2. The molecule has 1 N–H and O–H groups in total. The van der Waals surface area contributed by atoms with Gasteiger partial charge in [0.2, 0.25) is 5.91 Å². The van der Waals surface area contributed by atoms with Gasteiger partial charge in [-0.2, -0.15) is 0 Å². The monoisotopic (exact) mass is 392 g/mol. The molecule has 1 atom stereocenters. The molecule has 1 fully saturated rings. The van der Waals surface area contributed by atoms with Crippen molar-refractivity contribution in [2.75, 3.05) is 11.9 Å². The molecule has 0 aliphatic carbocycles. The van der Waals surface area contributed by atoms with Crippen LogP contribution in [0.2, 0.25) is 0 Å². The van der Waals surface area contributed by atoms with Crippen molar-refractivity contribution >= 4 is 28.3 Å². The van der Waals surface area contributed by atoms with Gasteiger partial charge in [0.15, 0.2) is 5.13 Å². The number of aromatic nitrogens is 2. The lowest BCUT2D eigenvalue weighted by atomic mass is 10.1. The molecule has 7 heteroatoms. The maximum absolute atomic E-state index is 13.1. The molecule has 1 aromatic carbocycles. The molecule has 2 aromatic heterocycles. The lowest BCUT2D eigenvalue weighted by Crippen LogP contribution is -2.43. The second-order valence-electron chi connectivity index (χ2n) is 6.68. The molecule has 1 unspecified atom stereocenters. The summed E-state index contributed by atoms with van der Waals surface area (Å²) in [5, 5.41) is 5.16. The smallest absolute Gasteiger partial charge is 0.256 e. The van der Waals surface area contributed by atoms with Crippen molar-refractivity contribution in [3.8, 4) is 11.3 Å². The Hall–Kier alpha value is -3.06. The van der Waals surface area contributed by atoms with Crippen LogP contribution >= 0.6 is 11.3 Å². The minimum absolute atomic E-state index is 0.151. The maximum Gasteiger partial charge on any atom is 0.256 e. The summed E-state index contributed by atoms with van der Waals surface area (Å²) in [5.74, 6) is -0.339. The van der Waals surface area contributed by atoms with Crippen LogP contribution in [0.4, 0.5) is 5.13 Å². The minimum atomic E-state index is -0.482. The highest BCUT2D eigenvalue weighted by Gasteiger charge is 2.35. The molecule has 2 amide bonds. The summed E-state index contributed by atoms with van der Waals surface area (Å²) in [4.78, 5) is 36.1. The van der Waals surface area contributed by atoms with Gasteiger partial charge in [-0.1, -0.05) is 30.3 Å². The van der Waals surface area contributed by atoms with Crippen LogP contribution in [0.25, 0.3) is 11.3 Å². The van der Waals surface area contributed by atoms with E-state index in [0.717, 1.165) is 17.7 Å². The molecule has 28 heavy (non-hydrogen) atoms. The van der Waals surface area contributed by atoms with Gasteiger partial charge in [0.1, 0.15) is 6.04 Å². The number of rotatable bonds is 4. The SMILES string of the molecule is Cc1nc(-c2ccccc2)ccc1C(=O)N1CCCC1C(=O)Nc1nccs1. The van der Waals surface area contributed by atoms with Gasteiger partial charge in [-0.3, -0.25) is 14.6 Å². The third-order valence-corrected chi connectivity index (χ3v) is 5.55. The molecule has 1 saturated heterocycles. The lowest BCUT2D eigenvalue weighted by molar-refractivity contribution is -0.119. The Morgan fingerprint density at radius 1 is 1.18 bits per heavy atom. The summed E-state index contributed by atoms with van der Waals surface area (Å²) in [5.41, 5.74) is 3.03. The van der Waals surface area contributed by atoms with E-state index in [1.54, 1.807) is 22.5 Å². The Labute approximate surface area is 167 Å². The van der Waals surface area contributed by atoms with Crippen LogP contribution in [0.15, 0.2) is 54.0 Å². The van der Waals surface area contributed by atoms with Gasteiger partial charge in [0.05, 0.1) is 17.0 Å². The summed E-state index contributed by atoms with van der Waals surface area (Å²) >= 11 is 1.36. The molecule has 0 spiro atoms. The maximum atomic E-state index is 13.1. The van der Waals surface area contributed by atoms with Crippen molar-refractivity contribution in [1.29, 1.82) is 0 Å². The molecule has 0 saturated carbocycles. The first-order chi connectivity index (χ1) is 13.6. The van der Waals surface area contributed by atoms with Crippen LogP contribution in [0.3, 0.4) is 0 Å². The third kappa shape index (κ3) is 3.66. The van der Waals surface area contributed by atoms with Gasteiger partial charge in [-0.05, 0) is 31.9 Å². The topological polar surface area (TPSA) is 75.2 Å². The van der Waals surface area contributed by atoms with Crippen LogP contribution in [0, 0.1) is 6.92 Å². The van der Waals surface area contributed by atoms with Gasteiger partial charge in [-0.15, -0.1) is 11.3 Å². The molecule has 1 aliphatic rings. The van der Waals surface area contributed by atoms with Crippen molar-refractivity contribution in [2.24, 2.45) is 0 Å². The fourth-order valence-electron chi connectivity index (χ4n) is 3.47. The number of nitrogens with one attached hydrogen (secondary N) is 1. The average Bonchev–Trinajstić information content (AvgIpc) is 3.40. The summed E-state index contributed by atoms with van der Waals surface area (Å²) in [7, 11) is 0. The van der Waals surface area contributed by atoms with E-state index in [1.165, 1.54) is 11.3 Å². The van der Waals surface area contributed by atoms with Crippen molar-refractivity contribution < 1.29 is 9.59 Å². The summed E-state index contributed by atoms with van der Waals surface area (Å²) < 4.78 is 0. The van der Waals surface area contributed by atoms with Crippen molar-refractivity contribution in [2.45, 2.75) is 25.8 Å². The Kier molecular flexibility index (Phi) is 5.16. The number of pyridine rings is 1. The normalized spacial score (nSPS) is 16.2. The molecule has 1 aliphatic heterocycles. The molecule has 6 nitrogen and oxygen atoms in total. The highest BCUT2D eigenvalue weighted by atomic mass is 32.1. The number of anilines is 1. The first kappa shape index (κ1) is 18.3. The largest absolute Gasteiger partial charge is 0.327 e. The van der Waals surface area contributed by atoms with E-state index in [-0.39, 0.29) is 11.8 Å². The number of thiazole rings is 1. The number of benzene rings is 1. The first-order valence-electron chi connectivity index (χ1n) is 9.18. The fraction of sp³-hybridized carbons (Fsp3) is 0.238. The summed E-state index contributed by atoms with van der Waals surface area (Å²) in [6.45, 7) is 2.40. The average molecular weight is 392 g/mol. The number of likely N-dealkylation sites (tertiary alicyclic amines) is 1. The van der Waals surface area contributed by atoms with Crippen LogP contribution in [0.5, 0.6) is 0 Å². The van der Waals surface area contributed by atoms with Gasteiger partial charge < -0.3 is 10.2 Å². The number of hydrogen-bond donors (Lipinski definition) is 1. The van der Waals surface area contributed by atoms with E-state index in [1.807, 2.05) is 43.3 Å². The number of nitrogens with zero attached hydrogens (tertiary/aromatic N) is 3. The summed E-state index contributed by atoms with van der Waals surface area (Å²) in [6.07, 6.45) is 3.09. The van der Waals surface area contributed by atoms with E-state index in [0.29, 0.717) is 29.4 Å². The Balaban J connectivity index is 1.54. The van der Waals surface area contributed by atoms with Crippen LogP contribution < -0.4 is 5.32 Å².